The smallest absolute Gasteiger partial charge is 0.0900 e. The van der Waals surface area contributed by atoms with Crippen molar-refractivity contribution in [3.63, 3.8) is 0 Å². The van der Waals surface area contributed by atoms with E-state index in [9.17, 15) is 5.11 Å². The average Bonchev–Trinajstić information content (AvgIpc) is 2.68. The summed E-state index contributed by atoms with van der Waals surface area (Å²) >= 11 is 6.22. The van der Waals surface area contributed by atoms with Gasteiger partial charge in [-0.2, -0.15) is 0 Å². The first kappa shape index (κ1) is 16.6. The van der Waals surface area contributed by atoms with Crippen molar-refractivity contribution in [2.45, 2.75) is 19.4 Å². The maximum absolute atomic E-state index is 9.86. The zero-order valence-electron chi connectivity index (χ0n) is 12.9. The normalized spacial score (nSPS) is 18.6. The van der Waals surface area contributed by atoms with Gasteiger partial charge in [0.25, 0.3) is 0 Å². The maximum atomic E-state index is 9.86. The molecule has 118 valence electrons. The molecule has 0 aliphatic carbocycles. The van der Waals surface area contributed by atoms with E-state index >= 15 is 0 Å². The highest BCUT2D eigenvalue weighted by Crippen LogP contribution is 2.27. The van der Waals surface area contributed by atoms with E-state index in [1.807, 2.05) is 12.1 Å². The largest absolute Gasteiger partial charge is 0.389 e. The summed E-state index contributed by atoms with van der Waals surface area (Å²) in [6.07, 6.45) is 0.681. The Morgan fingerprint density at radius 2 is 2.10 bits per heavy atom. The lowest BCUT2D eigenvalue weighted by atomic mass is 10.1. The summed E-state index contributed by atoms with van der Waals surface area (Å²) in [6.45, 7) is 7.09. The molecular formula is C16H25ClN2O2. The van der Waals surface area contributed by atoms with Gasteiger partial charge >= 0.3 is 0 Å². The van der Waals surface area contributed by atoms with Crippen molar-refractivity contribution in [2.24, 2.45) is 0 Å². The molecule has 1 aliphatic heterocycles. The molecule has 1 N–H and O–H groups in total. The van der Waals surface area contributed by atoms with Gasteiger partial charge in [0.15, 0.2) is 0 Å². The van der Waals surface area contributed by atoms with Crippen molar-refractivity contribution >= 4 is 17.3 Å². The zero-order chi connectivity index (χ0) is 15.2. The molecule has 0 unspecified atom stereocenters. The third-order valence-electron chi connectivity index (χ3n) is 4.00. The summed E-state index contributed by atoms with van der Waals surface area (Å²) in [4.78, 5) is 4.70. The zero-order valence-corrected chi connectivity index (χ0v) is 13.6. The second-order valence-electron chi connectivity index (χ2n) is 5.63. The molecule has 0 saturated carbocycles. The van der Waals surface area contributed by atoms with Crippen LogP contribution in [0.2, 0.25) is 5.02 Å². The molecule has 1 saturated heterocycles. The Labute approximate surface area is 132 Å². The van der Waals surface area contributed by atoms with Gasteiger partial charge in [-0.25, -0.2) is 0 Å². The number of rotatable bonds is 5. The third-order valence-corrected chi connectivity index (χ3v) is 4.41. The van der Waals surface area contributed by atoms with E-state index in [0.717, 1.165) is 43.2 Å². The van der Waals surface area contributed by atoms with Crippen molar-refractivity contribution in [2.75, 3.05) is 51.3 Å². The molecular weight excluding hydrogens is 288 g/mol. The van der Waals surface area contributed by atoms with Crippen molar-refractivity contribution in [1.29, 1.82) is 0 Å². The minimum atomic E-state index is -0.408. The van der Waals surface area contributed by atoms with Crippen LogP contribution in [0.3, 0.4) is 0 Å². The number of halogens is 1. The Morgan fingerprint density at radius 3 is 2.86 bits per heavy atom. The highest BCUT2D eigenvalue weighted by Gasteiger charge is 2.19. The van der Waals surface area contributed by atoms with Crippen LogP contribution in [0.15, 0.2) is 18.2 Å². The molecule has 0 spiro atoms. The Balaban J connectivity index is 1.96. The summed E-state index contributed by atoms with van der Waals surface area (Å²) in [6, 6.07) is 6.08. The predicted molar refractivity (Wildman–Crippen MR) is 87.3 cm³/mol. The first-order valence-corrected chi connectivity index (χ1v) is 7.89. The highest BCUT2D eigenvalue weighted by molar-refractivity contribution is 6.31. The molecule has 2 rings (SSSR count). The first-order chi connectivity index (χ1) is 10.1. The number of benzene rings is 1. The third kappa shape index (κ3) is 4.58. The molecule has 1 fully saturated rings. The molecule has 0 aromatic heterocycles. The van der Waals surface area contributed by atoms with Gasteiger partial charge in [0.2, 0.25) is 0 Å². The van der Waals surface area contributed by atoms with Crippen LogP contribution < -0.4 is 4.90 Å². The van der Waals surface area contributed by atoms with E-state index < -0.39 is 6.10 Å². The van der Waals surface area contributed by atoms with Crippen molar-refractivity contribution in [1.82, 2.24) is 4.90 Å². The van der Waals surface area contributed by atoms with Gasteiger partial charge in [-0.05, 0) is 37.6 Å². The molecule has 21 heavy (non-hydrogen) atoms. The van der Waals surface area contributed by atoms with E-state index in [2.05, 4.69) is 22.8 Å². The van der Waals surface area contributed by atoms with Crippen LogP contribution in [0.25, 0.3) is 0 Å². The molecule has 0 radical (unpaired) electrons. The maximum Gasteiger partial charge on any atom is 0.0900 e. The lowest BCUT2D eigenvalue weighted by molar-refractivity contribution is 0.0392. The monoisotopic (exact) mass is 312 g/mol. The highest BCUT2D eigenvalue weighted by atomic mass is 35.5. The van der Waals surface area contributed by atoms with E-state index in [4.69, 9.17) is 16.3 Å². The number of anilines is 1. The Kier molecular flexibility index (Phi) is 6.30. The SMILES string of the molecule is COC[C@@H](O)CN1CCCN(c2cccc(Cl)c2C)CC1. The lowest BCUT2D eigenvalue weighted by Crippen LogP contribution is -2.37. The minimum absolute atomic E-state index is 0.396. The number of aliphatic hydroxyl groups is 1. The number of hydrogen-bond donors (Lipinski definition) is 1. The van der Waals surface area contributed by atoms with E-state index in [0.29, 0.717) is 13.2 Å². The van der Waals surface area contributed by atoms with Crippen LogP contribution in [-0.4, -0.2) is 62.6 Å². The molecule has 0 bridgehead atoms. The molecule has 1 aromatic carbocycles. The molecule has 0 amide bonds. The van der Waals surface area contributed by atoms with Crippen LogP contribution in [-0.2, 0) is 4.74 Å². The molecule has 4 nitrogen and oxygen atoms in total. The van der Waals surface area contributed by atoms with Crippen LogP contribution in [0.4, 0.5) is 5.69 Å². The van der Waals surface area contributed by atoms with Gasteiger partial charge in [0, 0.05) is 44.0 Å². The van der Waals surface area contributed by atoms with Gasteiger partial charge in [-0.1, -0.05) is 17.7 Å². The summed E-state index contributed by atoms with van der Waals surface area (Å²) in [7, 11) is 1.62. The van der Waals surface area contributed by atoms with E-state index in [-0.39, 0.29) is 0 Å². The van der Waals surface area contributed by atoms with E-state index in [1.165, 1.54) is 5.69 Å². The Morgan fingerprint density at radius 1 is 1.29 bits per heavy atom. The summed E-state index contributed by atoms with van der Waals surface area (Å²) in [5.41, 5.74) is 2.37. The quantitative estimate of drug-likeness (QED) is 0.904. The van der Waals surface area contributed by atoms with Crippen molar-refractivity contribution in [3.05, 3.63) is 28.8 Å². The Hall–Kier alpha value is -0.810. The van der Waals surface area contributed by atoms with Crippen LogP contribution in [0.5, 0.6) is 0 Å². The second kappa shape index (κ2) is 7.99. The van der Waals surface area contributed by atoms with Gasteiger partial charge in [-0.3, -0.25) is 4.90 Å². The average molecular weight is 313 g/mol. The fourth-order valence-electron chi connectivity index (χ4n) is 2.88. The number of hydrogen-bond acceptors (Lipinski definition) is 4. The van der Waals surface area contributed by atoms with Crippen molar-refractivity contribution in [3.8, 4) is 0 Å². The molecule has 1 aliphatic rings. The van der Waals surface area contributed by atoms with E-state index in [1.54, 1.807) is 7.11 Å². The number of ether oxygens (including phenoxy) is 1. The minimum Gasteiger partial charge on any atom is -0.389 e. The second-order valence-corrected chi connectivity index (χ2v) is 6.04. The lowest BCUT2D eigenvalue weighted by Gasteiger charge is -2.26. The molecule has 1 aromatic rings. The van der Waals surface area contributed by atoms with Gasteiger partial charge < -0.3 is 14.7 Å². The Bertz CT molecular complexity index is 456. The van der Waals surface area contributed by atoms with Gasteiger partial charge in [-0.15, -0.1) is 0 Å². The summed E-state index contributed by atoms with van der Waals surface area (Å²) < 4.78 is 4.99. The summed E-state index contributed by atoms with van der Waals surface area (Å²) in [5, 5.41) is 10.7. The summed E-state index contributed by atoms with van der Waals surface area (Å²) in [5.74, 6) is 0. The molecule has 5 heteroatoms. The number of aliphatic hydroxyl groups excluding tert-OH is 1. The first-order valence-electron chi connectivity index (χ1n) is 7.51. The number of nitrogens with zero attached hydrogens (tertiary/aromatic N) is 2. The fourth-order valence-corrected chi connectivity index (χ4v) is 3.05. The van der Waals surface area contributed by atoms with Gasteiger partial charge in [0.1, 0.15) is 0 Å². The molecule has 1 heterocycles. The van der Waals surface area contributed by atoms with Crippen molar-refractivity contribution < 1.29 is 9.84 Å². The van der Waals surface area contributed by atoms with Crippen LogP contribution >= 0.6 is 11.6 Å². The number of methoxy groups -OCH3 is 1. The number of β-amino-alcohol motifs (C(OH)–C–C–N with tert-alkyl or cyclic N) is 1. The van der Waals surface area contributed by atoms with Crippen LogP contribution in [0, 0.1) is 6.92 Å². The fraction of sp³-hybridized carbons (Fsp3) is 0.625. The standard InChI is InChI=1S/C16H25ClN2O2/c1-13-15(17)5-3-6-16(13)19-8-4-7-18(9-10-19)11-14(20)12-21-2/h3,5-6,14,20H,4,7-12H2,1-2H3/t14-/m0/s1. The topological polar surface area (TPSA) is 35.9 Å². The van der Waals surface area contributed by atoms with Gasteiger partial charge in [0.05, 0.1) is 12.7 Å². The molecule has 1 atom stereocenters. The van der Waals surface area contributed by atoms with Crippen LogP contribution in [0.1, 0.15) is 12.0 Å². The predicted octanol–water partition coefficient (Wildman–Crippen LogP) is 2.17.